The third kappa shape index (κ3) is 2.68. The lowest BCUT2D eigenvalue weighted by atomic mass is 9.94. The molecule has 0 aromatic carbocycles. The van der Waals surface area contributed by atoms with Gasteiger partial charge in [0.05, 0.1) is 0 Å². The van der Waals surface area contributed by atoms with Crippen LogP contribution in [0.5, 0.6) is 0 Å². The largest absolute Gasteiger partial charge is 0.314 e. The zero-order valence-corrected chi connectivity index (χ0v) is 9.72. The molecule has 0 unspecified atom stereocenters. The van der Waals surface area contributed by atoms with Gasteiger partial charge in [0, 0.05) is 31.2 Å². The van der Waals surface area contributed by atoms with Crippen molar-refractivity contribution in [3.05, 3.63) is 0 Å². The van der Waals surface area contributed by atoms with Crippen LogP contribution < -0.4 is 5.32 Å². The van der Waals surface area contributed by atoms with Crippen LogP contribution in [0.2, 0.25) is 0 Å². The average molecular weight is 184 g/mol. The lowest BCUT2D eigenvalue weighted by molar-refractivity contribution is 0.0378. The van der Waals surface area contributed by atoms with Crippen molar-refractivity contribution in [1.29, 1.82) is 0 Å². The standard InChI is InChI=1S/C11H24N2/c1-9(2)10-8-12-6-7-13(10)11(3,4)5/h9-10,12H,6-8H2,1-5H3/t10-/m0/s1. The van der Waals surface area contributed by atoms with Gasteiger partial charge in [-0.2, -0.15) is 0 Å². The minimum Gasteiger partial charge on any atom is -0.314 e. The maximum absolute atomic E-state index is 3.48. The second-order valence-electron chi connectivity index (χ2n) is 5.38. The highest BCUT2D eigenvalue weighted by molar-refractivity contribution is 4.89. The summed E-state index contributed by atoms with van der Waals surface area (Å²) in [6.07, 6.45) is 0. The third-order valence-electron chi connectivity index (χ3n) is 2.91. The molecule has 1 rings (SSSR count). The van der Waals surface area contributed by atoms with Gasteiger partial charge in [0.1, 0.15) is 0 Å². The summed E-state index contributed by atoms with van der Waals surface area (Å²) in [5.41, 5.74) is 0.317. The van der Waals surface area contributed by atoms with Crippen LogP contribution in [0.25, 0.3) is 0 Å². The lowest BCUT2D eigenvalue weighted by Gasteiger charge is -2.46. The Balaban J connectivity index is 2.67. The predicted molar refractivity (Wildman–Crippen MR) is 58.0 cm³/mol. The van der Waals surface area contributed by atoms with Crippen molar-refractivity contribution in [2.45, 2.75) is 46.2 Å². The first-order chi connectivity index (χ1) is 5.93. The monoisotopic (exact) mass is 184 g/mol. The van der Waals surface area contributed by atoms with Gasteiger partial charge in [0.25, 0.3) is 0 Å². The van der Waals surface area contributed by atoms with E-state index < -0.39 is 0 Å². The highest BCUT2D eigenvalue weighted by Gasteiger charge is 2.32. The molecule has 78 valence electrons. The van der Waals surface area contributed by atoms with Crippen molar-refractivity contribution in [2.75, 3.05) is 19.6 Å². The molecule has 1 aliphatic heterocycles. The summed E-state index contributed by atoms with van der Waals surface area (Å²) in [4.78, 5) is 2.63. The first-order valence-corrected chi connectivity index (χ1v) is 5.40. The van der Waals surface area contributed by atoms with E-state index in [1.807, 2.05) is 0 Å². The van der Waals surface area contributed by atoms with E-state index in [1.165, 1.54) is 6.54 Å². The van der Waals surface area contributed by atoms with Gasteiger partial charge in [0.2, 0.25) is 0 Å². The Kier molecular flexibility index (Phi) is 3.36. The molecule has 0 amide bonds. The van der Waals surface area contributed by atoms with Gasteiger partial charge in [-0.3, -0.25) is 4.90 Å². The van der Waals surface area contributed by atoms with E-state index in [4.69, 9.17) is 0 Å². The number of hydrogen-bond donors (Lipinski definition) is 1. The second kappa shape index (κ2) is 3.97. The Morgan fingerprint density at radius 3 is 2.31 bits per heavy atom. The molecule has 1 atom stereocenters. The summed E-state index contributed by atoms with van der Waals surface area (Å²) in [6.45, 7) is 15.0. The second-order valence-corrected chi connectivity index (χ2v) is 5.38. The molecule has 1 saturated heterocycles. The van der Waals surface area contributed by atoms with Crippen LogP contribution >= 0.6 is 0 Å². The molecular weight excluding hydrogens is 160 g/mol. The molecule has 1 heterocycles. The van der Waals surface area contributed by atoms with Crippen LogP contribution in [-0.2, 0) is 0 Å². The van der Waals surface area contributed by atoms with E-state index in [1.54, 1.807) is 0 Å². The molecule has 1 fully saturated rings. The molecule has 2 heteroatoms. The lowest BCUT2D eigenvalue weighted by Crippen LogP contribution is -2.59. The Bertz CT molecular complexity index is 158. The molecule has 0 saturated carbocycles. The van der Waals surface area contributed by atoms with Crippen LogP contribution in [0.3, 0.4) is 0 Å². The molecule has 0 aromatic heterocycles. The van der Waals surface area contributed by atoms with Gasteiger partial charge >= 0.3 is 0 Å². The van der Waals surface area contributed by atoms with E-state index in [0.717, 1.165) is 19.0 Å². The van der Waals surface area contributed by atoms with Gasteiger partial charge < -0.3 is 5.32 Å². The highest BCUT2D eigenvalue weighted by Crippen LogP contribution is 2.22. The molecule has 0 spiro atoms. The van der Waals surface area contributed by atoms with E-state index in [2.05, 4.69) is 44.8 Å². The first kappa shape index (κ1) is 11.0. The van der Waals surface area contributed by atoms with E-state index >= 15 is 0 Å². The number of nitrogens with zero attached hydrogens (tertiary/aromatic N) is 1. The van der Waals surface area contributed by atoms with Crippen LogP contribution in [0.15, 0.2) is 0 Å². The fraction of sp³-hybridized carbons (Fsp3) is 1.00. The quantitative estimate of drug-likeness (QED) is 0.667. The van der Waals surface area contributed by atoms with Crippen LogP contribution in [0.1, 0.15) is 34.6 Å². The summed E-state index contributed by atoms with van der Waals surface area (Å²) in [5, 5.41) is 3.48. The molecule has 0 aliphatic carbocycles. The maximum atomic E-state index is 3.48. The van der Waals surface area contributed by atoms with Crippen molar-refractivity contribution in [3.8, 4) is 0 Å². The average Bonchev–Trinajstić information content (AvgIpc) is 2.03. The third-order valence-corrected chi connectivity index (χ3v) is 2.91. The smallest absolute Gasteiger partial charge is 0.0249 e. The Morgan fingerprint density at radius 2 is 1.92 bits per heavy atom. The van der Waals surface area contributed by atoms with Gasteiger partial charge in [-0.05, 0) is 26.7 Å². The summed E-state index contributed by atoms with van der Waals surface area (Å²) in [7, 11) is 0. The molecule has 1 aliphatic rings. The van der Waals surface area contributed by atoms with Crippen molar-refractivity contribution >= 4 is 0 Å². The Hall–Kier alpha value is -0.0800. The highest BCUT2D eigenvalue weighted by atomic mass is 15.3. The number of rotatable bonds is 1. The predicted octanol–water partition coefficient (Wildman–Crippen LogP) is 1.71. The van der Waals surface area contributed by atoms with Crippen molar-refractivity contribution in [1.82, 2.24) is 10.2 Å². The van der Waals surface area contributed by atoms with Gasteiger partial charge in [0.15, 0.2) is 0 Å². The zero-order chi connectivity index (χ0) is 10.1. The summed E-state index contributed by atoms with van der Waals surface area (Å²) in [5.74, 6) is 0.743. The molecular formula is C11H24N2. The Labute approximate surface area is 82.7 Å². The summed E-state index contributed by atoms with van der Waals surface area (Å²) in [6, 6.07) is 0.703. The van der Waals surface area contributed by atoms with Crippen molar-refractivity contribution < 1.29 is 0 Å². The molecule has 1 N–H and O–H groups in total. The molecule has 13 heavy (non-hydrogen) atoms. The first-order valence-electron chi connectivity index (χ1n) is 5.40. The van der Waals surface area contributed by atoms with Gasteiger partial charge in [-0.25, -0.2) is 0 Å². The fourth-order valence-corrected chi connectivity index (χ4v) is 2.15. The van der Waals surface area contributed by atoms with E-state index in [9.17, 15) is 0 Å². The van der Waals surface area contributed by atoms with Crippen molar-refractivity contribution in [3.63, 3.8) is 0 Å². The zero-order valence-electron chi connectivity index (χ0n) is 9.72. The number of hydrogen-bond acceptors (Lipinski definition) is 2. The van der Waals surface area contributed by atoms with E-state index in [0.29, 0.717) is 11.6 Å². The van der Waals surface area contributed by atoms with Crippen LogP contribution in [0, 0.1) is 5.92 Å². The van der Waals surface area contributed by atoms with Crippen molar-refractivity contribution in [2.24, 2.45) is 5.92 Å². The van der Waals surface area contributed by atoms with Gasteiger partial charge in [-0.1, -0.05) is 13.8 Å². The minimum atomic E-state index is 0.317. The molecule has 0 aromatic rings. The number of nitrogens with one attached hydrogen (secondary N) is 1. The fourth-order valence-electron chi connectivity index (χ4n) is 2.15. The van der Waals surface area contributed by atoms with Gasteiger partial charge in [-0.15, -0.1) is 0 Å². The molecule has 0 bridgehead atoms. The number of piperazine rings is 1. The summed E-state index contributed by atoms with van der Waals surface area (Å²) < 4.78 is 0. The molecule has 2 nitrogen and oxygen atoms in total. The Morgan fingerprint density at radius 1 is 1.31 bits per heavy atom. The summed E-state index contributed by atoms with van der Waals surface area (Å²) >= 11 is 0. The van der Waals surface area contributed by atoms with Crippen LogP contribution in [0.4, 0.5) is 0 Å². The maximum Gasteiger partial charge on any atom is 0.0249 e. The molecule has 0 radical (unpaired) electrons. The minimum absolute atomic E-state index is 0.317. The topological polar surface area (TPSA) is 15.3 Å². The van der Waals surface area contributed by atoms with Crippen LogP contribution in [-0.4, -0.2) is 36.1 Å². The SMILES string of the molecule is CC(C)[C@@H]1CNCCN1C(C)(C)C. The van der Waals surface area contributed by atoms with E-state index in [-0.39, 0.29) is 0 Å². The normalized spacial score (nSPS) is 26.8.